The first-order valence-electron chi connectivity index (χ1n) is 7.42. The molecule has 2 rings (SSSR count). The van der Waals surface area contributed by atoms with Gasteiger partial charge in [0.25, 0.3) is 0 Å². The fraction of sp³-hybridized carbons (Fsp3) is 0.500. The van der Waals surface area contributed by atoms with E-state index in [2.05, 4.69) is 6.92 Å². The van der Waals surface area contributed by atoms with Crippen molar-refractivity contribution in [1.29, 1.82) is 0 Å². The molecule has 0 saturated carbocycles. The number of carbonyl (C=O) groups is 2. The summed E-state index contributed by atoms with van der Waals surface area (Å²) in [5, 5.41) is 9.49. The summed E-state index contributed by atoms with van der Waals surface area (Å²) in [6, 6.07) is 6.77. The molecule has 5 heteroatoms. The number of amides is 1. The number of aliphatic carboxylic acids is 1. The van der Waals surface area contributed by atoms with Gasteiger partial charge in [-0.2, -0.15) is 0 Å². The molecule has 0 radical (unpaired) electrons. The number of carboxylic acid groups (broad SMARTS) is 1. The number of hydrogen-bond donors (Lipinski definition) is 2. The minimum absolute atomic E-state index is 0.0442. The van der Waals surface area contributed by atoms with E-state index in [1.54, 1.807) is 17.0 Å². The lowest BCUT2D eigenvalue weighted by atomic mass is 9.84. The van der Waals surface area contributed by atoms with Gasteiger partial charge in [-0.15, -0.1) is 0 Å². The number of nitrogens with two attached hydrogens (primary N) is 1. The lowest BCUT2D eigenvalue weighted by molar-refractivity contribution is -0.152. The van der Waals surface area contributed by atoms with Crippen LogP contribution in [0.1, 0.15) is 44.2 Å². The highest BCUT2D eigenvalue weighted by molar-refractivity contribution is 5.81. The van der Waals surface area contributed by atoms with Crippen molar-refractivity contribution in [3.8, 4) is 0 Å². The second kappa shape index (κ2) is 6.61. The molecule has 1 amide bonds. The van der Waals surface area contributed by atoms with Gasteiger partial charge < -0.3 is 15.7 Å². The maximum Gasteiger partial charge on any atom is 0.308 e. The van der Waals surface area contributed by atoms with Crippen molar-refractivity contribution in [3.05, 3.63) is 29.8 Å². The molecule has 1 aliphatic rings. The topological polar surface area (TPSA) is 83.6 Å². The minimum atomic E-state index is -0.842. The maximum atomic E-state index is 12.2. The first kappa shape index (κ1) is 15.4. The van der Waals surface area contributed by atoms with E-state index in [9.17, 15) is 14.7 Å². The Bertz CT molecular complexity index is 513. The van der Waals surface area contributed by atoms with E-state index < -0.39 is 17.9 Å². The third kappa shape index (κ3) is 3.35. The van der Waals surface area contributed by atoms with E-state index in [0.29, 0.717) is 25.1 Å². The molecule has 5 nitrogen and oxygen atoms in total. The van der Waals surface area contributed by atoms with E-state index in [4.69, 9.17) is 5.73 Å². The van der Waals surface area contributed by atoms with Crippen LogP contribution < -0.4 is 5.73 Å². The predicted octanol–water partition coefficient (Wildman–Crippen LogP) is 2.43. The first-order valence-corrected chi connectivity index (χ1v) is 7.42. The molecule has 0 bridgehead atoms. The predicted molar refractivity (Wildman–Crippen MR) is 80.6 cm³/mol. The van der Waals surface area contributed by atoms with Crippen molar-refractivity contribution in [2.75, 3.05) is 12.3 Å². The van der Waals surface area contributed by atoms with Gasteiger partial charge >= 0.3 is 5.97 Å². The second-order valence-electron chi connectivity index (χ2n) is 5.54. The molecule has 0 aromatic heterocycles. The SMILES string of the molecule is CCCCN1C(=O)CCC(C(=O)O)C1c1ccc(N)cc1. The van der Waals surface area contributed by atoms with E-state index in [-0.39, 0.29) is 5.91 Å². The number of piperidine rings is 1. The summed E-state index contributed by atoms with van der Waals surface area (Å²) < 4.78 is 0. The monoisotopic (exact) mass is 290 g/mol. The molecular weight excluding hydrogens is 268 g/mol. The molecule has 1 saturated heterocycles. The molecule has 3 N–H and O–H groups in total. The highest BCUT2D eigenvalue weighted by Crippen LogP contribution is 2.37. The fourth-order valence-electron chi connectivity index (χ4n) is 2.91. The van der Waals surface area contributed by atoms with Gasteiger partial charge in [0.15, 0.2) is 0 Å². The molecule has 114 valence electrons. The fourth-order valence-corrected chi connectivity index (χ4v) is 2.91. The number of nitrogens with zero attached hydrogens (tertiary/aromatic N) is 1. The molecule has 1 aliphatic heterocycles. The van der Waals surface area contributed by atoms with Crippen LogP contribution in [-0.2, 0) is 9.59 Å². The van der Waals surface area contributed by atoms with Gasteiger partial charge in [-0.3, -0.25) is 9.59 Å². The van der Waals surface area contributed by atoms with E-state index in [1.165, 1.54) is 0 Å². The van der Waals surface area contributed by atoms with E-state index in [0.717, 1.165) is 18.4 Å². The lowest BCUT2D eigenvalue weighted by Crippen LogP contribution is -2.45. The van der Waals surface area contributed by atoms with Crippen molar-refractivity contribution < 1.29 is 14.7 Å². The molecule has 2 unspecified atom stereocenters. The molecule has 1 heterocycles. The van der Waals surface area contributed by atoms with Gasteiger partial charge in [-0.1, -0.05) is 25.5 Å². The van der Waals surface area contributed by atoms with Crippen LogP contribution in [0.3, 0.4) is 0 Å². The summed E-state index contributed by atoms with van der Waals surface area (Å²) in [5.41, 5.74) is 7.18. The number of carbonyl (C=O) groups excluding carboxylic acids is 1. The van der Waals surface area contributed by atoms with Crippen LogP contribution in [-0.4, -0.2) is 28.4 Å². The molecule has 0 aliphatic carbocycles. The molecular formula is C16H22N2O3. The number of carboxylic acids is 1. The minimum Gasteiger partial charge on any atom is -0.481 e. The summed E-state index contributed by atoms with van der Waals surface area (Å²) in [7, 11) is 0. The molecule has 1 aromatic rings. The Morgan fingerprint density at radius 1 is 1.38 bits per heavy atom. The number of benzene rings is 1. The summed E-state index contributed by atoms with van der Waals surface area (Å²) in [4.78, 5) is 25.5. The average molecular weight is 290 g/mol. The van der Waals surface area contributed by atoms with Gasteiger partial charge in [0, 0.05) is 18.7 Å². The summed E-state index contributed by atoms with van der Waals surface area (Å²) >= 11 is 0. The largest absolute Gasteiger partial charge is 0.481 e. The smallest absolute Gasteiger partial charge is 0.308 e. The van der Waals surface area contributed by atoms with Gasteiger partial charge in [0.2, 0.25) is 5.91 Å². The summed E-state index contributed by atoms with van der Waals surface area (Å²) in [6.45, 7) is 2.66. The Morgan fingerprint density at radius 2 is 2.05 bits per heavy atom. The number of anilines is 1. The van der Waals surface area contributed by atoms with Gasteiger partial charge in [0.05, 0.1) is 12.0 Å². The highest BCUT2D eigenvalue weighted by Gasteiger charge is 2.40. The first-order chi connectivity index (χ1) is 10.0. The lowest BCUT2D eigenvalue weighted by Gasteiger charge is -2.40. The second-order valence-corrected chi connectivity index (χ2v) is 5.54. The summed E-state index contributed by atoms with van der Waals surface area (Å²) in [5.74, 6) is -1.35. The van der Waals surface area contributed by atoms with Crippen LogP contribution in [0.2, 0.25) is 0 Å². The Hall–Kier alpha value is -2.04. The quantitative estimate of drug-likeness (QED) is 0.816. The van der Waals surface area contributed by atoms with Crippen LogP contribution in [0.5, 0.6) is 0 Å². The molecule has 1 aromatic carbocycles. The Morgan fingerprint density at radius 3 is 2.62 bits per heavy atom. The molecule has 1 fully saturated rings. The van der Waals surface area contributed by atoms with Crippen LogP contribution in [0, 0.1) is 5.92 Å². The zero-order chi connectivity index (χ0) is 15.4. The normalized spacial score (nSPS) is 22.3. The Kier molecular flexibility index (Phi) is 4.83. The molecule has 2 atom stereocenters. The zero-order valence-electron chi connectivity index (χ0n) is 12.3. The standard InChI is InChI=1S/C16H22N2O3/c1-2-3-10-18-14(19)9-8-13(16(20)21)15(18)11-4-6-12(17)7-5-11/h4-7,13,15H,2-3,8-10,17H2,1H3,(H,20,21). The third-order valence-corrected chi connectivity index (χ3v) is 4.05. The van der Waals surface area contributed by atoms with Crippen molar-refractivity contribution in [2.24, 2.45) is 5.92 Å². The molecule has 0 spiro atoms. The van der Waals surface area contributed by atoms with Crippen molar-refractivity contribution in [1.82, 2.24) is 4.90 Å². The van der Waals surface area contributed by atoms with E-state index >= 15 is 0 Å². The van der Waals surface area contributed by atoms with Gasteiger partial charge in [0.1, 0.15) is 0 Å². The van der Waals surface area contributed by atoms with Crippen molar-refractivity contribution >= 4 is 17.6 Å². The average Bonchev–Trinajstić information content (AvgIpc) is 2.46. The van der Waals surface area contributed by atoms with Gasteiger partial charge in [-0.25, -0.2) is 0 Å². The summed E-state index contributed by atoms with van der Waals surface area (Å²) in [6.07, 6.45) is 2.55. The number of rotatable bonds is 5. The van der Waals surface area contributed by atoms with Crippen molar-refractivity contribution in [3.63, 3.8) is 0 Å². The molecule has 21 heavy (non-hydrogen) atoms. The van der Waals surface area contributed by atoms with Gasteiger partial charge in [-0.05, 0) is 30.5 Å². The number of likely N-dealkylation sites (tertiary alicyclic amines) is 1. The van der Waals surface area contributed by atoms with E-state index in [1.807, 2.05) is 12.1 Å². The van der Waals surface area contributed by atoms with Crippen molar-refractivity contribution in [2.45, 2.75) is 38.6 Å². The maximum absolute atomic E-state index is 12.2. The number of hydrogen-bond acceptors (Lipinski definition) is 3. The van der Waals surface area contributed by atoms with Crippen LogP contribution in [0.15, 0.2) is 24.3 Å². The third-order valence-electron chi connectivity index (χ3n) is 4.05. The number of unbranched alkanes of at least 4 members (excludes halogenated alkanes) is 1. The van der Waals surface area contributed by atoms with Crippen LogP contribution in [0.25, 0.3) is 0 Å². The van der Waals surface area contributed by atoms with Crippen LogP contribution >= 0.6 is 0 Å². The Labute approximate surface area is 124 Å². The Balaban J connectivity index is 2.35. The highest BCUT2D eigenvalue weighted by atomic mass is 16.4. The number of nitrogen functional groups attached to an aromatic ring is 1. The van der Waals surface area contributed by atoms with Crippen LogP contribution in [0.4, 0.5) is 5.69 Å². The zero-order valence-corrected chi connectivity index (χ0v) is 12.3.